The maximum absolute atomic E-state index is 11.0. The van der Waals surface area contributed by atoms with Crippen molar-refractivity contribution in [2.24, 2.45) is 0 Å². The lowest BCUT2D eigenvalue weighted by atomic mass is 10.1. The average molecular weight is 255 g/mol. The Hall–Kier alpha value is -2.29. The smallest absolute Gasteiger partial charge is 0.335 e. The lowest BCUT2D eigenvalue weighted by molar-refractivity contribution is 0.0697. The molecule has 0 aliphatic carbocycles. The Kier molecular flexibility index (Phi) is 3.85. The van der Waals surface area contributed by atoms with E-state index in [0.717, 1.165) is 23.5 Å². The summed E-state index contributed by atoms with van der Waals surface area (Å²) < 4.78 is 0. The van der Waals surface area contributed by atoms with E-state index in [9.17, 15) is 4.79 Å². The number of aromatic carboxylic acids is 1. The molecule has 0 aliphatic rings. The summed E-state index contributed by atoms with van der Waals surface area (Å²) in [5.74, 6) is -0.891. The van der Waals surface area contributed by atoms with Gasteiger partial charge in [-0.05, 0) is 49.7 Å². The third-order valence-electron chi connectivity index (χ3n) is 3.12. The van der Waals surface area contributed by atoms with Gasteiger partial charge in [-0.3, -0.25) is 0 Å². The summed E-state index contributed by atoms with van der Waals surface area (Å²) in [6.07, 6.45) is 0. The number of hydrogen-bond acceptors (Lipinski definition) is 2. The summed E-state index contributed by atoms with van der Waals surface area (Å²) in [6, 6.07) is 15.3. The second kappa shape index (κ2) is 5.57. The molecule has 0 fully saturated rings. The number of carboxylic acid groups (broad SMARTS) is 1. The summed E-state index contributed by atoms with van der Waals surface area (Å²) in [4.78, 5) is 13.1. The standard InChI is InChI=1S/C16H17NO2/c1-3-17(14-7-5-4-6-8-14)15-10-9-13(16(18)19)11-12(15)2/h4-11H,3H2,1-2H3,(H,18,19). The Labute approximate surface area is 113 Å². The lowest BCUT2D eigenvalue weighted by Gasteiger charge is -2.25. The molecule has 0 aromatic heterocycles. The van der Waals surface area contributed by atoms with Crippen molar-refractivity contribution in [1.29, 1.82) is 0 Å². The first kappa shape index (κ1) is 13.1. The van der Waals surface area contributed by atoms with Crippen LogP contribution in [0.2, 0.25) is 0 Å². The maximum atomic E-state index is 11.0. The molecule has 0 aliphatic heterocycles. The van der Waals surface area contributed by atoms with E-state index >= 15 is 0 Å². The van der Waals surface area contributed by atoms with Crippen molar-refractivity contribution in [2.45, 2.75) is 13.8 Å². The molecule has 3 nitrogen and oxygen atoms in total. The van der Waals surface area contributed by atoms with E-state index in [1.807, 2.05) is 43.3 Å². The van der Waals surface area contributed by atoms with Gasteiger partial charge in [-0.2, -0.15) is 0 Å². The van der Waals surface area contributed by atoms with Crippen LogP contribution in [0.25, 0.3) is 0 Å². The van der Waals surface area contributed by atoms with Gasteiger partial charge in [-0.1, -0.05) is 18.2 Å². The van der Waals surface area contributed by atoms with Gasteiger partial charge in [0.05, 0.1) is 5.56 Å². The van der Waals surface area contributed by atoms with Crippen molar-refractivity contribution < 1.29 is 9.90 Å². The van der Waals surface area contributed by atoms with E-state index in [2.05, 4.69) is 11.8 Å². The van der Waals surface area contributed by atoms with Gasteiger partial charge in [-0.25, -0.2) is 4.79 Å². The molecule has 0 unspecified atom stereocenters. The summed E-state index contributed by atoms with van der Waals surface area (Å²) in [5, 5.41) is 9.00. The minimum atomic E-state index is -0.891. The molecule has 0 saturated heterocycles. The van der Waals surface area contributed by atoms with Crippen LogP contribution in [-0.4, -0.2) is 17.6 Å². The Morgan fingerprint density at radius 2 is 1.84 bits per heavy atom. The van der Waals surface area contributed by atoms with Gasteiger partial charge in [0, 0.05) is 17.9 Å². The zero-order valence-corrected chi connectivity index (χ0v) is 11.1. The third-order valence-corrected chi connectivity index (χ3v) is 3.12. The highest BCUT2D eigenvalue weighted by molar-refractivity contribution is 5.88. The molecule has 0 atom stereocenters. The molecule has 0 bridgehead atoms. The number of carbonyl (C=O) groups is 1. The maximum Gasteiger partial charge on any atom is 0.335 e. The molecular weight excluding hydrogens is 238 g/mol. The average Bonchev–Trinajstić information content (AvgIpc) is 2.42. The second-order valence-electron chi connectivity index (χ2n) is 4.39. The number of anilines is 2. The number of hydrogen-bond donors (Lipinski definition) is 1. The second-order valence-corrected chi connectivity index (χ2v) is 4.39. The van der Waals surface area contributed by atoms with Crippen LogP contribution >= 0.6 is 0 Å². The summed E-state index contributed by atoms with van der Waals surface area (Å²) >= 11 is 0. The van der Waals surface area contributed by atoms with E-state index in [1.54, 1.807) is 12.1 Å². The summed E-state index contributed by atoms with van der Waals surface area (Å²) in [6.45, 7) is 4.85. The molecule has 1 N–H and O–H groups in total. The van der Waals surface area contributed by atoms with Crippen molar-refractivity contribution >= 4 is 17.3 Å². The molecule has 2 aromatic carbocycles. The first-order valence-electron chi connectivity index (χ1n) is 6.30. The lowest BCUT2D eigenvalue weighted by Crippen LogP contribution is -2.17. The highest BCUT2D eigenvalue weighted by Crippen LogP contribution is 2.28. The summed E-state index contributed by atoms with van der Waals surface area (Å²) in [7, 11) is 0. The molecule has 0 saturated carbocycles. The minimum absolute atomic E-state index is 0.324. The fourth-order valence-electron chi connectivity index (χ4n) is 2.19. The van der Waals surface area contributed by atoms with Crippen LogP contribution in [0, 0.1) is 6.92 Å². The Balaban J connectivity index is 2.42. The van der Waals surface area contributed by atoms with Gasteiger partial charge >= 0.3 is 5.97 Å². The number of aryl methyl sites for hydroxylation is 1. The van der Waals surface area contributed by atoms with E-state index < -0.39 is 5.97 Å². The van der Waals surface area contributed by atoms with Crippen LogP contribution in [0.15, 0.2) is 48.5 Å². The van der Waals surface area contributed by atoms with Crippen molar-refractivity contribution in [3.05, 3.63) is 59.7 Å². The highest BCUT2D eigenvalue weighted by atomic mass is 16.4. The number of nitrogens with zero attached hydrogens (tertiary/aromatic N) is 1. The van der Waals surface area contributed by atoms with Gasteiger partial charge < -0.3 is 10.0 Å². The molecule has 0 heterocycles. The van der Waals surface area contributed by atoms with Crippen molar-refractivity contribution in [2.75, 3.05) is 11.4 Å². The highest BCUT2D eigenvalue weighted by Gasteiger charge is 2.11. The van der Waals surface area contributed by atoms with E-state index in [1.165, 1.54) is 0 Å². The minimum Gasteiger partial charge on any atom is -0.478 e. The fourth-order valence-corrected chi connectivity index (χ4v) is 2.19. The zero-order valence-electron chi connectivity index (χ0n) is 11.1. The van der Waals surface area contributed by atoms with Gasteiger partial charge in [0.15, 0.2) is 0 Å². The molecule has 2 aromatic rings. The molecular formula is C16H17NO2. The van der Waals surface area contributed by atoms with E-state index in [4.69, 9.17) is 5.11 Å². The topological polar surface area (TPSA) is 40.5 Å². The van der Waals surface area contributed by atoms with Crippen molar-refractivity contribution in [3.63, 3.8) is 0 Å². The number of carboxylic acids is 1. The Bertz CT molecular complexity index is 579. The van der Waals surface area contributed by atoms with Crippen molar-refractivity contribution in [1.82, 2.24) is 0 Å². The number of para-hydroxylation sites is 1. The summed E-state index contributed by atoms with van der Waals surface area (Å²) in [5.41, 5.74) is 3.44. The monoisotopic (exact) mass is 255 g/mol. The zero-order chi connectivity index (χ0) is 13.8. The Morgan fingerprint density at radius 1 is 1.16 bits per heavy atom. The molecule has 0 amide bonds. The molecule has 3 heteroatoms. The first-order valence-corrected chi connectivity index (χ1v) is 6.30. The molecule has 0 spiro atoms. The van der Waals surface area contributed by atoms with Crippen LogP contribution in [0.5, 0.6) is 0 Å². The van der Waals surface area contributed by atoms with Crippen LogP contribution < -0.4 is 4.90 Å². The third kappa shape index (κ3) is 2.76. The van der Waals surface area contributed by atoms with E-state index in [0.29, 0.717) is 5.56 Å². The van der Waals surface area contributed by atoms with Crippen LogP contribution in [-0.2, 0) is 0 Å². The Morgan fingerprint density at radius 3 is 2.37 bits per heavy atom. The quantitative estimate of drug-likeness (QED) is 0.902. The van der Waals surface area contributed by atoms with Crippen LogP contribution in [0.4, 0.5) is 11.4 Å². The normalized spacial score (nSPS) is 10.2. The van der Waals surface area contributed by atoms with Crippen molar-refractivity contribution in [3.8, 4) is 0 Å². The molecule has 0 radical (unpaired) electrons. The molecule has 98 valence electrons. The van der Waals surface area contributed by atoms with Gasteiger partial charge in [0.25, 0.3) is 0 Å². The SMILES string of the molecule is CCN(c1ccccc1)c1ccc(C(=O)O)cc1C. The van der Waals surface area contributed by atoms with Gasteiger partial charge in [-0.15, -0.1) is 0 Å². The van der Waals surface area contributed by atoms with Gasteiger partial charge in [0.2, 0.25) is 0 Å². The fraction of sp³-hybridized carbons (Fsp3) is 0.188. The largest absolute Gasteiger partial charge is 0.478 e. The molecule has 19 heavy (non-hydrogen) atoms. The van der Waals surface area contributed by atoms with Crippen LogP contribution in [0.1, 0.15) is 22.8 Å². The van der Waals surface area contributed by atoms with Gasteiger partial charge in [0.1, 0.15) is 0 Å². The predicted molar refractivity (Wildman–Crippen MR) is 77.3 cm³/mol. The van der Waals surface area contributed by atoms with Crippen LogP contribution in [0.3, 0.4) is 0 Å². The molecule has 2 rings (SSSR count). The van der Waals surface area contributed by atoms with E-state index in [-0.39, 0.29) is 0 Å². The number of benzene rings is 2. The predicted octanol–water partition coefficient (Wildman–Crippen LogP) is 3.85. The first-order chi connectivity index (χ1) is 9.13. The number of rotatable bonds is 4.